The summed E-state index contributed by atoms with van der Waals surface area (Å²) in [5.41, 5.74) is -1.89. The van der Waals surface area contributed by atoms with Gasteiger partial charge < -0.3 is 20.1 Å². The minimum Gasteiger partial charge on any atom is -0.463 e. The highest BCUT2D eigenvalue weighted by molar-refractivity contribution is 5.81. The van der Waals surface area contributed by atoms with Crippen LogP contribution in [0.15, 0.2) is 0 Å². The molecule has 0 saturated carbocycles. The van der Waals surface area contributed by atoms with Crippen molar-refractivity contribution in [3.8, 4) is 0 Å². The maximum Gasteiger partial charge on any atom is 0.341 e. The Morgan fingerprint density at radius 1 is 1.73 bits per heavy atom. The number of ether oxygens (including phenoxy) is 1. The molecule has 2 atom stereocenters. The summed E-state index contributed by atoms with van der Waals surface area (Å²) in [4.78, 5) is 10.8. The van der Waals surface area contributed by atoms with Crippen LogP contribution in [-0.2, 0) is 9.53 Å². The Morgan fingerprint density at radius 2 is 2.36 bits per heavy atom. The summed E-state index contributed by atoms with van der Waals surface area (Å²) < 4.78 is 4.43. The zero-order valence-electron chi connectivity index (χ0n) is 5.86. The van der Waals surface area contributed by atoms with E-state index in [-0.39, 0.29) is 13.0 Å². The van der Waals surface area contributed by atoms with Crippen molar-refractivity contribution >= 4 is 5.97 Å². The van der Waals surface area contributed by atoms with Crippen LogP contribution in [0.1, 0.15) is 6.42 Å². The first-order valence-corrected chi connectivity index (χ1v) is 3.30. The molecular weight excluding hydrogens is 152 g/mol. The Hall–Kier alpha value is -0.650. The molecule has 2 unspecified atom stereocenters. The van der Waals surface area contributed by atoms with E-state index in [1.165, 1.54) is 0 Å². The van der Waals surface area contributed by atoms with E-state index in [0.717, 1.165) is 0 Å². The molecule has 0 aliphatic carbocycles. The number of cyclic esters (lactones) is 1. The van der Waals surface area contributed by atoms with Gasteiger partial charge in [0.1, 0.15) is 6.10 Å². The number of carbonyl (C=O) groups excluding carboxylic acids is 1. The molecule has 1 saturated heterocycles. The molecule has 11 heavy (non-hydrogen) atoms. The SMILES string of the molecule is O=C1OCCC1(O)C(O)CO. The van der Waals surface area contributed by atoms with Crippen LogP contribution in [0.5, 0.6) is 0 Å². The number of aliphatic hydroxyl groups excluding tert-OH is 2. The maximum atomic E-state index is 10.8. The predicted molar refractivity (Wildman–Crippen MR) is 33.6 cm³/mol. The molecule has 0 radical (unpaired) electrons. The second kappa shape index (κ2) is 2.77. The number of hydrogen-bond donors (Lipinski definition) is 3. The Morgan fingerprint density at radius 3 is 2.73 bits per heavy atom. The molecule has 0 aromatic rings. The number of esters is 1. The molecule has 0 spiro atoms. The zero-order chi connectivity index (χ0) is 8.48. The van der Waals surface area contributed by atoms with Gasteiger partial charge in [0.15, 0.2) is 5.60 Å². The minimum absolute atomic E-state index is 0.0353. The lowest BCUT2D eigenvalue weighted by atomic mass is 9.96. The fraction of sp³-hybridized carbons (Fsp3) is 0.833. The van der Waals surface area contributed by atoms with Gasteiger partial charge in [-0.15, -0.1) is 0 Å². The maximum absolute atomic E-state index is 10.8. The van der Waals surface area contributed by atoms with Crippen molar-refractivity contribution in [1.29, 1.82) is 0 Å². The molecule has 1 rings (SSSR count). The highest BCUT2D eigenvalue weighted by atomic mass is 16.6. The summed E-state index contributed by atoms with van der Waals surface area (Å²) in [6, 6.07) is 0. The van der Waals surface area contributed by atoms with Crippen molar-refractivity contribution in [2.45, 2.75) is 18.1 Å². The van der Waals surface area contributed by atoms with Gasteiger partial charge in [-0.1, -0.05) is 0 Å². The standard InChI is InChI=1S/C6H10O5/c7-3-4(8)6(10)1-2-11-5(6)9/h4,7-8,10H,1-3H2. The van der Waals surface area contributed by atoms with E-state index in [1.807, 2.05) is 0 Å². The van der Waals surface area contributed by atoms with Crippen molar-refractivity contribution < 1.29 is 24.9 Å². The van der Waals surface area contributed by atoms with Gasteiger partial charge in [0.25, 0.3) is 0 Å². The normalized spacial score (nSPS) is 33.5. The molecular formula is C6H10O5. The van der Waals surface area contributed by atoms with Gasteiger partial charge >= 0.3 is 5.97 Å². The van der Waals surface area contributed by atoms with E-state index in [1.54, 1.807) is 0 Å². The molecule has 0 aromatic carbocycles. The van der Waals surface area contributed by atoms with Crippen LogP contribution < -0.4 is 0 Å². The fourth-order valence-electron chi connectivity index (χ4n) is 0.980. The summed E-state index contributed by atoms with van der Waals surface area (Å²) in [5.74, 6) is -0.862. The summed E-state index contributed by atoms with van der Waals surface area (Å²) in [5, 5.41) is 26.8. The van der Waals surface area contributed by atoms with E-state index < -0.39 is 24.3 Å². The van der Waals surface area contributed by atoms with Gasteiger partial charge in [-0.3, -0.25) is 0 Å². The van der Waals surface area contributed by atoms with Crippen molar-refractivity contribution in [3.05, 3.63) is 0 Å². The summed E-state index contributed by atoms with van der Waals surface area (Å²) in [7, 11) is 0. The number of rotatable bonds is 2. The molecule has 5 nitrogen and oxygen atoms in total. The molecule has 1 heterocycles. The van der Waals surface area contributed by atoms with Crippen molar-refractivity contribution in [3.63, 3.8) is 0 Å². The third-order valence-corrected chi connectivity index (χ3v) is 1.79. The smallest absolute Gasteiger partial charge is 0.341 e. The van der Waals surface area contributed by atoms with Gasteiger partial charge in [-0.25, -0.2) is 4.79 Å². The van der Waals surface area contributed by atoms with Crippen LogP contribution in [-0.4, -0.2) is 46.2 Å². The van der Waals surface area contributed by atoms with Crippen LogP contribution in [0.25, 0.3) is 0 Å². The molecule has 0 bridgehead atoms. The topological polar surface area (TPSA) is 87.0 Å². The Kier molecular flexibility index (Phi) is 2.12. The molecule has 1 fully saturated rings. The molecule has 64 valence electrons. The van der Waals surface area contributed by atoms with Gasteiger partial charge in [-0.2, -0.15) is 0 Å². The predicted octanol–water partition coefficient (Wildman–Crippen LogP) is -1.98. The van der Waals surface area contributed by atoms with Crippen LogP contribution >= 0.6 is 0 Å². The highest BCUT2D eigenvalue weighted by Gasteiger charge is 2.48. The number of hydrogen-bond acceptors (Lipinski definition) is 5. The van der Waals surface area contributed by atoms with Crippen molar-refractivity contribution in [2.24, 2.45) is 0 Å². The summed E-state index contributed by atoms with van der Waals surface area (Å²) in [6.45, 7) is -0.558. The third-order valence-electron chi connectivity index (χ3n) is 1.79. The second-order valence-corrected chi connectivity index (χ2v) is 2.51. The first-order chi connectivity index (χ1) is 5.11. The highest BCUT2D eigenvalue weighted by Crippen LogP contribution is 2.23. The largest absolute Gasteiger partial charge is 0.463 e. The van der Waals surface area contributed by atoms with Gasteiger partial charge in [-0.05, 0) is 0 Å². The first kappa shape index (κ1) is 8.45. The van der Waals surface area contributed by atoms with Crippen LogP contribution in [0, 0.1) is 0 Å². The third kappa shape index (κ3) is 1.22. The van der Waals surface area contributed by atoms with Gasteiger partial charge in [0, 0.05) is 6.42 Å². The molecule has 1 aliphatic rings. The average Bonchev–Trinajstić information content (AvgIpc) is 2.32. The number of aliphatic hydroxyl groups is 3. The monoisotopic (exact) mass is 162 g/mol. The van der Waals surface area contributed by atoms with Crippen LogP contribution in [0.3, 0.4) is 0 Å². The van der Waals surface area contributed by atoms with E-state index in [9.17, 15) is 9.90 Å². The molecule has 5 heteroatoms. The van der Waals surface area contributed by atoms with Gasteiger partial charge in [0.05, 0.1) is 13.2 Å². The Bertz CT molecular complexity index is 168. The average molecular weight is 162 g/mol. The molecule has 0 amide bonds. The fourth-order valence-corrected chi connectivity index (χ4v) is 0.980. The lowest BCUT2D eigenvalue weighted by Crippen LogP contribution is -2.48. The van der Waals surface area contributed by atoms with Crippen LogP contribution in [0.4, 0.5) is 0 Å². The van der Waals surface area contributed by atoms with E-state index in [4.69, 9.17) is 10.2 Å². The first-order valence-electron chi connectivity index (χ1n) is 3.30. The molecule has 0 aromatic heterocycles. The lowest BCUT2D eigenvalue weighted by Gasteiger charge is -2.21. The summed E-state index contributed by atoms with van der Waals surface area (Å²) >= 11 is 0. The van der Waals surface area contributed by atoms with Gasteiger partial charge in [0.2, 0.25) is 0 Å². The molecule has 3 N–H and O–H groups in total. The number of carbonyl (C=O) groups is 1. The van der Waals surface area contributed by atoms with Crippen molar-refractivity contribution in [1.82, 2.24) is 0 Å². The van der Waals surface area contributed by atoms with Crippen molar-refractivity contribution in [2.75, 3.05) is 13.2 Å². The lowest BCUT2D eigenvalue weighted by molar-refractivity contribution is -0.165. The quantitative estimate of drug-likeness (QED) is 0.409. The zero-order valence-corrected chi connectivity index (χ0v) is 5.86. The van der Waals surface area contributed by atoms with E-state index in [2.05, 4.69) is 4.74 Å². The van der Waals surface area contributed by atoms with Crippen LogP contribution in [0.2, 0.25) is 0 Å². The van der Waals surface area contributed by atoms with E-state index >= 15 is 0 Å². The second-order valence-electron chi connectivity index (χ2n) is 2.51. The van der Waals surface area contributed by atoms with E-state index in [0.29, 0.717) is 0 Å². The summed E-state index contributed by atoms with van der Waals surface area (Å²) in [6.07, 6.45) is -1.41. The molecule has 1 aliphatic heterocycles. The Labute approximate surface area is 63.2 Å². The minimum atomic E-state index is -1.89. The Balaban J connectivity index is 2.72.